The second kappa shape index (κ2) is 10.2. The summed E-state index contributed by atoms with van der Waals surface area (Å²) in [7, 11) is 2.14. The lowest BCUT2D eigenvalue weighted by Gasteiger charge is -2.28. The number of furan rings is 1. The largest absolute Gasteiger partial charge is 0.464 e. The van der Waals surface area contributed by atoms with Gasteiger partial charge >= 0.3 is 6.61 Å². The average Bonchev–Trinajstić information content (AvgIpc) is 3.58. The van der Waals surface area contributed by atoms with E-state index < -0.39 is 12.5 Å². The molecule has 0 radical (unpaired) electrons. The molecule has 4 heterocycles. The van der Waals surface area contributed by atoms with Crippen molar-refractivity contribution in [3.05, 3.63) is 60.1 Å². The fourth-order valence-corrected chi connectivity index (χ4v) is 5.59. The standard InChI is InChI=1S/C29H27F2N5O3/c1-34-8-5-22(6-9-34)36-16-21(15-33-36)18-2-3-23-24(17-38-25(23)13-18)20-12-19-4-10-35(11-7-32)28(37)27(19)26(14-20)39-29(30)31/h2-3,12-17,22,29H,4-6,8-11H2,1H3. The van der Waals surface area contributed by atoms with Gasteiger partial charge in [0, 0.05) is 29.3 Å². The van der Waals surface area contributed by atoms with Crippen LogP contribution < -0.4 is 4.74 Å². The lowest BCUT2D eigenvalue weighted by molar-refractivity contribution is -0.0503. The third-order valence-corrected chi connectivity index (χ3v) is 7.70. The van der Waals surface area contributed by atoms with Crippen LogP contribution in [0.25, 0.3) is 33.2 Å². The molecule has 2 aliphatic rings. The van der Waals surface area contributed by atoms with Gasteiger partial charge in [-0.1, -0.05) is 6.07 Å². The number of nitrogens with zero attached hydrogens (tertiary/aromatic N) is 5. The Bertz CT molecular complexity index is 1580. The predicted molar refractivity (Wildman–Crippen MR) is 140 cm³/mol. The maximum atomic E-state index is 13.3. The van der Waals surface area contributed by atoms with Gasteiger partial charge in [-0.05, 0) is 80.4 Å². The molecule has 0 bridgehead atoms. The zero-order valence-electron chi connectivity index (χ0n) is 21.4. The summed E-state index contributed by atoms with van der Waals surface area (Å²) in [6.45, 7) is -0.764. The lowest BCUT2D eigenvalue weighted by Crippen LogP contribution is -2.38. The Kier molecular flexibility index (Phi) is 6.53. The van der Waals surface area contributed by atoms with Crippen molar-refractivity contribution in [2.75, 3.05) is 33.2 Å². The molecular formula is C29H27F2N5O3. The summed E-state index contributed by atoms with van der Waals surface area (Å²) in [5, 5.41) is 14.5. The molecule has 2 aliphatic heterocycles. The number of ether oxygens (including phenoxy) is 1. The van der Waals surface area contributed by atoms with Gasteiger partial charge in [-0.2, -0.15) is 19.1 Å². The van der Waals surface area contributed by atoms with E-state index in [2.05, 4.69) is 27.9 Å². The van der Waals surface area contributed by atoms with Crippen molar-refractivity contribution in [1.82, 2.24) is 19.6 Å². The normalized spacial score (nSPS) is 16.6. The van der Waals surface area contributed by atoms with Crippen LogP contribution in [0.5, 0.6) is 5.75 Å². The van der Waals surface area contributed by atoms with E-state index in [1.807, 2.05) is 36.5 Å². The molecule has 39 heavy (non-hydrogen) atoms. The monoisotopic (exact) mass is 531 g/mol. The number of piperidine rings is 1. The van der Waals surface area contributed by atoms with Crippen LogP contribution in [0, 0.1) is 11.3 Å². The number of alkyl halides is 2. The van der Waals surface area contributed by atoms with Crippen LogP contribution in [0.1, 0.15) is 34.8 Å². The third-order valence-electron chi connectivity index (χ3n) is 7.70. The second-order valence-corrected chi connectivity index (χ2v) is 10.1. The number of hydrogen-bond acceptors (Lipinski definition) is 6. The summed E-state index contributed by atoms with van der Waals surface area (Å²) in [5.74, 6) is -0.681. The Morgan fingerprint density at radius 2 is 1.97 bits per heavy atom. The van der Waals surface area contributed by atoms with Crippen LogP contribution >= 0.6 is 0 Å². The fourth-order valence-electron chi connectivity index (χ4n) is 5.59. The van der Waals surface area contributed by atoms with E-state index in [-0.39, 0.29) is 17.9 Å². The van der Waals surface area contributed by atoms with Crippen LogP contribution in [-0.2, 0) is 6.42 Å². The minimum absolute atomic E-state index is 0.0808. The van der Waals surface area contributed by atoms with Crippen LogP contribution in [0.4, 0.5) is 8.78 Å². The Labute approximate surface area is 224 Å². The molecule has 0 unspecified atom stereocenters. The number of fused-ring (bicyclic) bond motifs is 2. The smallest absolute Gasteiger partial charge is 0.387 e. The van der Waals surface area contributed by atoms with E-state index in [0.717, 1.165) is 42.4 Å². The number of aromatic nitrogens is 2. The number of hydrogen-bond donors (Lipinski definition) is 0. The van der Waals surface area contributed by atoms with Gasteiger partial charge < -0.3 is 19.0 Å². The number of amides is 1. The van der Waals surface area contributed by atoms with E-state index in [4.69, 9.17) is 14.4 Å². The van der Waals surface area contributed by atoms with Crippen molar-refractivity contribution in [1.29, 1.82) is 5.26 Å². The molecule has 0 N–H and O–H groups in total. The van der Waals surface area contributed by atoms with Crippen molar-refractivity contribution in [2.45, 2.75) is 31.9 Å². The molecule has 2 aromatic heterocycles. The molecular weight excluding hydrogens is 504 g/mol. The number of carbonyl (C=O) groups excluding carboxylic acids is 1. The molecule has 1 amide bonds. The molecule has 2 aromatic carbocycles. The summed E-state index contributed by atoms with van der Waals surface area (Å²) >= 11 is 0. The highest BCUT2D eigenvalue weighted by atomic mass is 19.3. The molecule has 200 valence electrons. The topological polar surface area (TPSA) is 87.5 Å². The first kappa shape index (κ1) is 25.1. The van der Waals surface area contributed by atoms with Gasteiger partial charge in [0.05, 0.1) is 30.1 Å². The van der Waals surface area contributed by atoms with Gasteiger partial charge in [0.15, 0.2) is 0 Å². The predicted octanol–water partition coefficient (Wildman–Crippen LogP) is 5.35. The van der Waals surface area contributed by atoms with Gasteiger partial charge in [-0.3, -0.25) is 9.48 Å². The number of likely N-dealkylation sites (tertiary alicyclic amines) is 1. The fraction of sp³-hybridized carbons (Fsp3) is 0.345. The Balaban J connectivity index is 1.33. The highest BCUT2D eigenvalue weighted by Gasteiger charge is 2.30. The number of carbonyl (C=O) groups is 1. The van der Waals surface area contributed by atoms with E-state index in [1.165, 1.54) is 11.0 Å². The zero-order valence-corrected chi connectivity index (χ0v) is 21.4. The quantitative estimate of drug-likeness (QED) is 0.312. The van der Waals surface area contributed by atoms with Gasteiger partial charge in [0.25, 0.3) is 5.91 Å². The molecule has 10 heteroatoms. The summed E-state index contributed by atoms with van der Waals surface area (Å²) < 4.78 is 39.4. The number of nitriles is 1. The molecule has 0 aliphatic carbocycles. The Morgan fingerprint density at radius 3 is 2.74 bits per heavy atom. The Morgan fingerprint density at radius 1 is 1.15 bits per heavy atom. The minimum Gasteiger partial charge on any atom is -0.464 e. The summed E-state index contributed by atoms with van der Waals surface area (Å²) in [4.78, 5) is 16.6. The van der Waals surface area contributed by atoms with Gasteiger partial charge in [0.1, 0.15) is 17.9 Å². The average molecular weight is 532 g/mol. The van der Waals surface area contributed by atoms with E-state index in [1.54, 1.807) is 6.26 Å². The van der Waals surface area contributed by atoms with Gasteiger partial charge in [-0.25, -0.2) is 0 Å². The van der Waals surface area contributed by atoms with Crippen LogP contribution in [0.3, 0.4) is 0 Å². The van der Waals surface area contributed by atoms with Crippen molar-refractivity contribution >= 4 is 16.9 Å². The number of benzene rings is 2. The van der Waals surface area contributed by atoms with Gasteiger partial charge in [0.2, 0.25) is 0 Å². The Hall–Kier alpha value is -4.23. The first-order valence-corrected chi connectivity index (χ1v) is 12.9. The molecule has 4 aromatic rings. The zero-order chi connectivity index (χ0) is 27.1. The SMILES string of the molecule is CN1CCC(n2cc(-c3ccc4c(-c5cc6c(c(OC(F)F)c5)C(=O)N(CC#N)CC6)coc4c3)cn2)CC1. The van der Waals surface area contributed by atoms with Crippen molar-refractivity contribution < 1.29 is 22.7 Å². The summed E-state index contributed by atoms with van der Waals surface area (Å²) in [6, 6.07) is 11.5. The molecule has 0 spiro atoms. The summed E-state index contributed by atoms with van der Waals surface area (Å²) in [6.07, 6.45) is 8.10. The van der Waals surface area contributed by atoms with Crippen molar-refractivity contribution in [2.24, 2.45) is 0 Å². The lowest BCUT2D eigenvalue weighted by atomic mass is 9.92. The van der Waals surface area contributed by atoms with Crippen molar-refractivity contribution in [3.8, 4) is 34.1 Å². The molecule has 0 saturated carbocycles. The molecule has 0 atom stereocenters. The molecule has 8 nitrogen and oxygen atoms in total. The van der Waals surface area contributed by atoms with E-state index >= 15 is 0 Å². The minimum atomic E-state index is -3.09. The summed E-state index contributed by atoms with van der Waals surface area (Å²) in [5.41, 5.74) is 4.64. The van der Waals surface area contributed by atoms with Crippen LogP contribution in [0.2, 0.25) is 0 Å². The number of rotatable bonds is 6. The van der Waals surface area contributed by atoms with E-state index in [0.29, 0.717) is 41.3 Å². The maximum Gasteiger partial charge on any atom is 0.387 e. The van der Waals surface area contributed by atoms with Crippen LogP contribution in [0.15, 0.2) is 53.4 Å². The first-order valence-electron chi connectivity index (χ1n) is 12.9. The third kappa shape index (κ3) is 4.74. The molecule has 6 rings (SSSR count). The maximum absolute atomic E-state index is 13.3. The molecule has 1 fully saturated rings. The highest BCUT2D eigenvalue weighted by Crippen LogP contribution is 2.39. The van der Waals surface area contributed by atoms with E-state index in [9.17, 15) is 13.6 Å². The van der Waals surface area contributed by atoms with Crippen molar-refractivity contribution in [3.63, 3.8) is 0 Å². The highest BCUT2D eigenvalue weighted by molar-refractivity contribution is 6.02. The second-order valence-electron chi connectivity index (χ2n) is 10.1. The van der Waals surface area contributed by atoms with Crippen LogP contribution in [-0.4, -0.2) is 65.3 Å². The van der Waals surface area contributed by atoms with Gasteiger partial charge in [-0.15, -0.1) is 0 Å². The first-order chi connectivity index (χ1) is 18.9. The number of halogens is 2. The molecule has 1 saturated heterocycles.